The van der Waals surface area contributed by atoms with Gasteiger partial charge in [0.15, 0.2) is 11.5 Å². The molecule has 0 saturated heterocycles. The van der Waals surface area contributed by atoms with E-state index in [0.717, 1.165) is 5.52 Å². The maximum absolute atomic E-state index is 15.9. The number of imidazole rings is 1. The number of rotatable bonds is 6. The van der Waals surface area contributed by atoms with Gasteiger partial charge >= 0.3 is 0 Å². The van der Waals surface area contributed by atoms with Gasteiger partial charge < -0.3 is 15.4 Å². The minimum Gasteiger partial charge on any atom is -0.374 e. The summed E-state index contributed by atoms with van der Waals surface area (Å²) in [5.41, 5.74) is 4.54. The van der Waals surface area contributed by atoms with E-state index in [4.69, 9.17) is 4.98 Å². The number of nitrogens with zero attached hydrogens (tertiary/aromatic N) is 6. The van der Waals surface area contributed by atoms with E-state index in [-0.39, 0.29) is 16.6 Å². The largest absolute Gasteiger partial charge is 0.374 e. The molecular formula is C25H20FN9O. The Morgan fingerprint density at radius 3 is 2.83 bits per heavy atom. The highest BCUT2D eigenvalue weighted by Gasteiger charge is 2.21. The minimum absolute atomic E-state index is 0.200. The second kappa shape index (κ2) is 8.78. The van der Waals surface area contributed by atoms with Crippen molar-refractivity contribution in [2.45, 2.75) is 19.6 Å². The normalized spacial score (nSPS) is 12.3. The van der Waals surface area contributed by atoms with Gasteiger partial charge in [0.1, 0.15) is 28.9 Å². The van der Waals surface area contributed by atoms with Crippen molar-refractivity contribution >= 4 is 27.8 Å². The predicted molar refractivity (Wildman–Crippen MR) is 133 cm³/mol. The predicted octanol–water partition coefficient (Wildman–Crippen LogP) is 4.30. The molecule has 0 amide bonds. The molecule has 178 valence electrons. The lowest BCUT2D eigenvalue weighted by Gasteiger charge is -2.12. The summed E-state index contributed by atoms with van der Waals surface area (Å²) >= 11 is 0. The summed E-state index contributed by atoms with van der Waals surface area (Å²) in [5.74, 6) is -0.114. The lowest BCUT2D eigenvalue weighted by Crippen LogP contribution is -2.17. The van der Waals surface area contributed by atoms with Gasteiger partial charge in [-0.3, -0.25) is 20.1 Å². The molecule has 11 heteroatoms. The lowest BCUT2D eigenvalue weighted by atomic mass is 10.1. The maximum atomic E-state index is 15.9. The SMILES string of the molecule is CCC(O)Nc1cncc(-c2cnc3n[nH]c(-c4nc5c(-c6ccccn6)nccc5[nH]4)c3c2F)c1. The smallest absolute Gasteiger partial charge is 0.184 e. The average Bonchev–Trinajstić information content (AvgIpc) is 3.54. The summed E-state index contributed by atoms with van der Waals surface area (Å²) in [6.45, 7) is 1.85. The number of fused-ring (bicyclic) bond motifs is 2. The van der Waals surface area contributed by atoms with Crippen molar-refractivity contribution in [3.63, 3.8) is 0 Å². The number of pyridine rings is 4. The van der Waals surface area contributed by atoms with Crippen molar-refractivity contribution in [3.8, 4) is 34.0 Å². The lowest BCUT2D eigenvalue weighted by molar-refractivity contribution is 0.199. The standard InChI is InChI=1S/C25H20FN9O/c1-2-18(36)31-14-9-13(10-27-11-14)15-12-30-24-19(20(15)26)23(34-35-24)25-32-17-6-8-29-21(22(17)33-25)16-5-3-4-7-28-16/h3-12,18,31,36H,2H2,1H3,(H,32,33)(H,30,34,35). The molecule has 6 rings (SSSR count). The Balaban J connectivity index is 1.47. The first-order valence-corrected chi connectivity index (χ1v) is 11.3. The van der Waals surface area contributed by atoms with Crippen molar-refractivity contribution in [2.75, 3.05) is 5.32 Å². The second-order valence-corrected chi connectivity index (χ2v) is 8.17. The summed E-state index contributed by atoms with van der Waals surface area (Å²) in [5, 5.41) is 20.1. The maximum Gasteiger partial charge on any atom is 0.184 e. The van der Waals surface area contributed by atoms with Gasteiger partial charge in [0, 0.05) is 35.9 Å². The Bertz CT molecular complexity index is 1700. The van der Waals surface area contributed by atoms with Gasteiger partial charge in [-0.05, 0) is 30.7 Å². The van der Waals surface area contributed by atoms with Gasteiger partial charge in [-0.2, -0.15) is 5.10 Å². The molecule has 10 nitrogen and oxygen atoms in total. The van der Waals surface area contributed by atoms with E-state index in [9.17, 15) is 5.11 Å². The zero-order valence-corrected chi connectivity index (χ0v) is 19.1. The fourth-order valence-corrected chi connectivity index (χ4v) is 4.03. The van der Waals surface area contributed by atoms with Crippen molar-refractivity contribution < 1.29 is 9.50 Å². The minimum atomic E-state index is -0.730. The quantitative estimate of drug-likeness (QED) is 0.258. The van der Waals surface area contributed by atoms with Crippen LogP contribution in [0.1, 0.15) is 13.3 Å². The number of nitrogens with one attached hydrogen (secondary N) is 3. The molecule has 0 fully saturated rings. The van der Waals surface area contributed by atoms with Gasteiger partial charge in [-0.15, -0.1) is 0 Å². The first-order valence-electron chi connectivity index (χ1n) is 11.3. The van der Waals surface area contributed by atoms with E-state index >= 15 is 4.39 Å². The number of aliphatic hydroxyl groups is 1. The molecule has 0 aliphatic carbocycles. The zero-order valence-electron chi connectivity index (χ0n) is 19.1. The molecule has 0 aliphatic heterocycles. The van der Waals surface area contributed by atoms with Crippen molar-refractivity contribution in [2.24, 2.45) is 0 Å². The molecule has 1 unspecified atom stereocenters. The Morgan fingerprint density at radius 1 is 1.08 bits per heavy atom. The van der Waals surface area contributed by atoms with Crippen LogP contribution >= 0.6 is 0 Å². The van der Waals surface area contributed by atoms with Crippen LogP contribution in [0.5, 0.6) is 0 Å². The number of aromatic nitrogens is 8. The third-order valence-electron chi connectivity index (χ3n) is 5.83. The van der Waals surface area contributed by atoms with E-state index in [1.165, 1.54) is 6.20 Å². The van der Waals surface area contributed by atoms with Crippen LogP contribution < -0.4 is 5.32 Å². The monoisotopic (exact) mass is 481 g/mol. The van der Waals surface area contributed by atoms with Gasteiger partial charge in [0.25, 0.3) is 0 Å². The highest BCUT2D eigenvalue weighted by atomic mass is 19.1. The summed E-state index contributed by atoms with van der Waals surface area (Å²) in [7, 11) is 0. The average molecular weight is 481 g/mol. The van der Waals surface area contributed by atoms with E-state index in [2.05, 4.69) is 40.4 Å². The van der Waals surface area contributed by atoms with Gasteiger partial charge in [-0.25, -0.2) is 14.4 Å². The molecule has 4 N–H and O–H groups in total. The zero-order chi connectivity index (χ0) is 24.6. The summed E-state index contributed by atoms with van der Waals surface area (Å²) in [6, 6.07) is 9.07. The first kappa shape index (κ1) is 21.7. The van der Waals surface area contributed by atoms with Gasteiger partial charge in [-0.1, -0.05) is 13.0 Å². The van der Waals surface area contributed by atoms with Crippen LogP contribution in [0.4, 0.5) is 10.1 Å². The number of hydrogen-bond acceptors (Lipinski definition) is 8. The molecule has 0 spiro atoms. The van der Waals surface area contributed by atoms with E-state index < -0.39 is 12.0 Å². The number of aromatic amines is 2. The van der Waals surface area contributed by atoms with Crippen LogP contribution in [0.15, 0.2) is 61.3 Å². The van der Waals surface area contributed by atoms with Gasteiger partial charge in [0.05, 0.1) is 28.5 Å². The molecule has 0 radical (unpaired) electrons. The summed E-state index contributed by atoms with van der Waals surface area (Å²) < 4.78 is 15.9. The Labute approximate surface area is 203 Å². The highest BCUT2D eigenvalue weighted by Crippen LogP contribution is 2.34. The molecule has 1 atom stereocenters. The van der Waals surface area contributed by atoms with E-state index in [0.29, 0.717) is 46.1 Å². The summed E-state index contributed by atoms with van der Waals surface area (Å²) in [4.78, 5) is 25.3. The fourth-order valence-electron chi connectivity index (χ4n) is 4.03. The van der Waals surface area contributed by atoms with Crippen LogP contribution in [-0.2, 0) is 0 Å². The number of halogens is 1. The Hall–Kier alpha value is -4.77. The molecule has 0 bridgehead atoms. The van der Waals surface area contributed by atoms with Crippen LogP contribution in [0.3, 0.4) is 0 Å². The Morgan fingerprint density at radius 2 is 2.00 bits per heavy atom. The molecule has 6 aromatic heterocycles. The van der Waals surface area contributed by atoms with Crippen molar-refractivity contribution in [1.29, 1.82) is 0 Å². The number of aliphatic hydroxyl groups excluding tert-OH is 1. The number of hydrogen-bond donors (Lipinski definition) is 4. The third kappa shape index (κ3) is 3.71. The number of H-pyrrole nitrogens is 2. The summed E-state index contributed by atoms with van der Waals surface area (Å²) in [6.07, 6.45) is 7.67. The molecule has 36 heavy (non-hydrogen) atoms. The molecule has 0 saturated carbocycles. The van der Waals surface area contributed by atoms with Crippen LogP contribution in [0.2, 0.25) is 0 Å². The first-order chi connectivity index (χ1) is 17.6. The van der Waals surface area contributed by atoms with Crippen molar-refractivity contribution in [3.05, 3.63) is 67.1 Å². The molecule has 0 aliphatic rings. The van der Waals surface area contributed by atoms with Crippen molar-refractivity contribution in [1.82, 2.24) is 40.1 Å². The molecular weight excluding hydrogens is 461 g/mol. The Kier molecular flexibility index (Phi) is 5.30. The number of anilines is 1. The van der Waals surface area contributed by atoms with E-state index in [1.54, 1.807) is 36.9 Å². The molecule has 6 heterocycles. The third-order valence-corrected chi connectivity index (χ3v) is 5.83. The van der Waals surface area contributed by atoms with Crippen LogP contribution in [0.25, 0.3) is 56.1 Å². The highest BCUT2D eigenvalue weighted by molar-refractivity contribution is 5.96. The van der Waals surface area contributed by atoms with Gasteiger partial charge in [0.2, 0.25) is 0 Å². The van der Waals surface area contributed by atoms with Crippen LogP contribution in [-0.4, -0.2) is 51.4 Å². The van der Waals surface area contributed by atoms with E-state index in [1.807, 2.05) is 25.1 Å². The van der Waals surface area contributed by atoms with Crippen LogP contribution in [0, 0.1) is 5.82 Å². The molecule has 6 aromatic rings. The fraction of sp³-hybridized carbons (Fsp3) is 0.120. The topological polar surface area (TPSA) is 141 Å². The molecule has 0 aromatic carbocycles. The second-order valence-electron chi connectivity index (χ2n) is 8.17.